The van der Waals surface area contributed by atoms with E-state index in [-0.39, 0.29) is 10.6 Å². The number of piperazine rings is 1. The van der Waals surface area contributed by atoms with Crippen molar-refractivity contribution in [3.8, 4) is 0 Å². The number of nitro benzene ring substituents is 1. The lowest BCUT2D eigenvalue weighted by atomic mass is 10.2. The molecule has 1 aliphatic rings. The minimum Gasteiger partial charge on any atom is -0.362 e. The minimum atomic E-state index is -3.76. The first-order valence-electron chi connectivity index (χ1n) is 8.16. The standard InChI is InChI=1S/C16H18ClN5O4S/c1-18-27(25,26)12-4-5-14(15(11-12)22(23)24)20-7-9-21(10-8-20)16-13(17)3-2-6-19-16/h2-6,11,18H,7-10H2,1H3. The predicted molar refractivity (Wildman–Crippen MR) is 103 cm³/mol. The Balaban J connectivity index is 1.84. The van der Waals surface area contributed by atoms with Gasteiger partial charge in [-0.15, -0.1) is 0 Å². The second kappa shape index (κ2) is 7.67. The summed E-state index contributed by atoms with van der Waals surface area (Å²) in [5, 5.41) is 12.0. The Morgan fingerprint density at radius 1 is 1.19 bits per heavy atom. The maximum absolute atomic E-state index is 11.9. The van der Waals surface area contributed by atoms with Crippen LogP contribution in [0.2, 0.25) is 5.02 Å². The van der Waals surface area contributed by atoms with Gasteiger partial charge in [-0.3, -0.25) is 10.1 Å². The van der Waals surface area contributed by atoms with E-state index in [1.54, 1.807) is 18.3 Å². The van der Waals surface area contributed by atoms with E-state index in [1.807, 2.05) is 9.80 Å². The van der Waals surface area contributed by atoms with Gasteiger partial charge in [0, 0.05) is 38.4 Å². The molecule has 0 radical (unpaired) electrons. The average molecular weight is 412 g/mol. The van der Waals surface area contributed by atoms with Gasteiger partial charge in [0.1, 0.15) is 11.5 Å². The molecule has 1 aliphatic heterocycles. The number of halogens is 1. The molecule has 0 bridgehead atoms. The molecule has 1 aromatic heterocycles. The highest BCUT2D eigenvalue weighted by atomic mass is 35.5. The van der Waals surface area contributed by atoms with Gasteiger partial charge in [0.05, 0.1) is 14.8 Å². The minimum absolute atomic E-state index is 0.139. The number of benzene rings is 1. The van der Waals surface area contributed by atoms with Crippen molar-refractivity contribution in [1.82, 2.24) is 9.71 Å². The molecule has 1 N–H and O–H groups in total. The largest absolute Gasteiger partial charge is 0.362 e. The van der Waals surface area contributed by atoms with Gasteiger partial charge in [-0.25, -0.2) is 18.1 Å². The number of nitrogens with zero attached hydrogens (tertiary/aromatic N) is 4. The lowest BCUT2D eigenvalue weighted by molar-refractivity contribution is -0.384. The van der Waals surface area contributed by atoms with Crippen LogP contribution in [0.15, 0.2) is 41.4 Å². The summed E-state index contributed by atoms with van der Waals surface area (Å²) in [4.78, 5) is 19.0. The van der Waals surface area contributed by atoms with Crippen molar-refractivity contribution >= 4 is 38.8 Å². The predicted octanol–water partition coefficient (Wildman–Crippen LogP) is 1.88. The van der Waals surface area contributed by atoms with Crippen LogP contribution < -0.4 is 14.5 Å². The molecule has 2 heterocycles. The van der Waals surface area contributed by atoms with Gasteiger partial charge in [0.25, 0.3) is 5.69 Å². The number of sulfonamides is 1. The van der Waals surface area contributed by atoms with Crippen molar-refractivity contribution in [3.63, 3.8) is 0 Å². The number of nitro groups is 1. The van der Waals surface area contributed by atoms with Crippen LogP contribution in [0.25, 0.3) is 0 Å². The molecule has 0 spiro atoms. The molecule has 1 fully saturated rings. The molecule has 144 valence electrons. The molecular formula is C16H18ClN5O4S. The molecule has 2 aromatic rings. The highest BCUT2D eigenvalue weighted by Gasteiger charge is 2.27. The molecule has 1 aromatic carbocycles. The number of hydrogen-bond donors (Lipinski definition) is 1. The van der Waals surface area contributed by atoms with Gasteiger partial charge < -0.3 is 9.80 Å². The van der Waals surface area contributed by atoms with Crippen LogP contribution in [-0.4, -0.2) is 51.6 Å². The Bertz CT molecular complexity index is 961. The van der Waals surface area contributed by atoms with E-state index in [0.29, 0.717) is 42.7 Å². The van der Waals surface area contributed by atoms with Crippen LogP contribution in [0.1, 0.15) is 0 Å². The first kappa shape index (κ1) is 19.3. The van der Waals surface area contributed by atoms with E-state index in [1.165, 1.54) is 19.2 Å². The van der Waals surface area contributed by atoms with Gasteiger partial charge in [-0.2, -0.15) is 0 Å². The van der Waals surface area contributed by atoms with Crippen molar-refractivity contribution in [3.05, 3.63) is 51.7 Å². The van der Waals surface area contributed by atoms with Crippen molar-refractivity contribution in [2.75, 3.05) is 43.0 Å². The Morgan fingerprint density at radius 3 is 2.44 bits per heavy atom. The Hall–Kier alpha value is -2.43. The van der Waals surface area contributed by atoms with Crippen LogP contribution in [0.5, 0.6) is 0 Å². The van der Waals surface area contributed by atoms with Crippen molar-refractivity contribution in [2.24, 2.45) is 0 Å². The summed E-state index contributed by atoms with van der Waals surface area (Å²) in [6, 6.07) is 7.46. The highest BCUT2D eigenvalue weighted by Crippen LogP contribution is 2.32. The van der Waals surface area contributed by atoms with Gasteiger partial charge >= 0.3 is 0 Å². The topological polar surface area (TPSA) is 109 Å². The fourth-order valence-corrected chi connectivity index (χ4v) is 3.96. The van der Waals surface area contributed by atoms with Crippen molar-refractivity contribution in [1.29, 1.82) is 0 Å². The number of nitrogens with one attached hydrogen (secondary N) is 1. The van der Waals surface area contributed by atoms with Gasteiger partial charge in [0.2, 0.25) is 10.0 Å². The summed E-state index contributed by atoms with van der Waals surface area (Å²) in [5.41, 5.74) is 0.150. The Kier molecular flexibility index (Phi) is 5.49. The maximum Gasteiger partial charge on any atom is 0.293 e. The molecule has 11 heteroatoms. The van der Waals surface area contributed by atoms with Gasteiger partial charge in [-0.1, -0.05) is 11.6 Å². The summed E-state index contributed by atoms with van der Waals surface area (Å²) in [5.74, 6) is 0.684. The summed E-state index contributed by atoms with van der Waals surface area (Å²) >= 11 is 6.18. The molecule has 9 nitrogen and oxygen atoms in total. The number of aromatic nitrogens is 1. The number of hydrogen-bond acceptors (Lipinski definition) is 7. The van der Waals surface area contributed by atoms with Crippen LogP contribution in [0.4, 0.5) is 17.2 Å². The fraction of sp³-hybridized carbons (Fsp3) is 0.312. The third kappa shape index (κ3) is 3.97. The molecular weight excluding hydrogens is 394 g/mol. The SMILES string of the molecule is CNS(=O)(=O)c1ccc(N2CCN(c3ncccc3Cl)CC2)c([N+](=O)[O-])c1. The monoisotopic (exact) mass is 411 g/mol. The number of pyridine rings is 1. The van der Waals surface area contributed by atoms with E-state index < -0.39 is 14.9 Å². The van der Waals surface area contributed by atoms with Crippen LogP contribution in [0, 0.1) is 10.1 Å². The molecule has 0 amide bonds. The zero-order chi connectivity index (χ0) is 19.6. The molecule has 3 rings (SSSR count). The molecule has 0 unspecified atom stereocenters. The quantitative estimate of drug-likeness (QED) is 0.590. The normalized spacial score (nSPS) is 15.0. The summed E-state index contributed by atoms with van der Waals surface area (Å²) in [7, 11) is -2.49. The number of anilines is 2. The second-order valence-corrected chi connectivity index (χ2v) is 8.19. The van der Waals surface area contributed by atoms with E-state index >= 15 is 0 Å². The molecule has 0 aliphatic carbocycles. The number of rotatable bonds is 5. The fourth-order valence-electron chi connectivity index (χ4n) is 2.97. The summed E-state index contributed by atoms with van der Waals surface area (Å²) in [6.45, 7) is 2.21. The zero-order valence-electron chi connectivity index (χ0n) is 14.5. The summed E-state index contributed by atoms with van der Waals surface area (Å²) < 4.78 is 26.0. The van der Waals surface area contributed by atoms with Gasteiger partial charge in [0.15, 0.2) is 0 Å². The third-order valence-corrected chi connectivity index (χ3v) is 6.09. The summed E-state index contributed by atoms with van der Waals surface area (Å²) in [6.07, 6.45) is 1.67. The first-order chi connectivity index (χ1) is 12.8. The van der Waals surface area contributed by atoms with Crippen molar-refractivity contribution < 1.29 is 13.3 Å². The van der Waals surface area contributed by atoms with Crippen LogP contribution in [0.3, 0.4) is 0 Å². The molecule has 27 heavy (non-hydrogen) atoms. The van der Waals surface area contributed by atoms with E-state index in [9.17, 15) is 18.5 Å². The third-order valence-electron chi connectivity index (χ3n) is 4.38. The smallest absolute Gasteiger partial charge is 0.293 e. The lowest BCUT2D eigenvalue weighted by Gasteiger charge is -2.36. The van der Waals surface area contributed by atoms with Gasteiger partial charge in [-0.05, 0) is 31.3 Å². The maximum atomic E-state index is 11.9. The lowest BCUT2D eigenvalue weighted by Crippen LogP contribution is -2.47. The zero-order valence-corrected chi connectivity index (χ0v) is 16.1. The van der Waals surface area contributed by atoms with E-state index in [4.69, 9.17) is 11.6 Å². The molecule has 1 saturated heterocycles. The second-order valence-electron chi connectivity index (χ2n) is 5.90. The van der Waals surface area contributed by atoms with Crippen LogP contribution in [-0.2, 0) is 10.0 Å². The Morgan fingerprint density at radius 2 is 1.85 bits per heavy atom. The van der Waals surface area contributed by atoms with Crippen molar-refractivity contribution in [2.45, 2.75) is 4.90 Å². The van der Waals surface area contributed by atoms with Crippen LogP contribution >= 0.6 is 11.6 Å². The highest BCUT2D eigenvalue weighted by molar-refractivity contribution is 7.89. The average Bonchev–Trinajstić information content (AvgIpc) is 2.68. The Labute approximate surface area is 161 Å². The molecule has 0 saturated carbocycles. The first-order valence-corrected chi connectivity index (χ1v) is 10.0. The van der Waals surface area contributed by atoms with E-state index in [2.05, 4.69) is 9.71 Å². The molecule has 0 atom stereocenters. The van der Waals surface area contributed by atoms with E-state index in [0.717, 1.165) is 6.07 Å².